The Morgan fingerprint density at radius 3 is 2.77 bits per heavy atom. The van der Waals surface area contributed by atoms with Crippen LogP contribution in [0.1, 0.15) is 11.3 Å². The van der Waals surface area contributed by atoms with E-state index in [0.29, 0.717) is 21.4 Å². The first-order chi connectivity index (χ1) is 10.6. The number of hydrogen-bond acceptors (Lipinski definition) is 7. The van der Waals surface area contributed by atoms with Gasteiger partial charge in [-0.25, -0.2) is 0 Å². The summed E-state index contributed by atoms with van der Waals surface area (Å²) in [4.78, 5) is 23.6. The summed E-state index contributed by atoms with van der Waals surface area (Å²) in [6.07, 6.45) is 0.400. The molecule has 0 bridgehead atoms. The summed E-state index contributed by atoms with van der Waals surface area (Å²) in [5, 5.41) is 12.2. The van der Waals surface area contributed by atoms with Crippen LogP contribution in [0.2, 0.25) is 0 Å². The normalized spacial score (nSPS) is 10.9. The van der Waals surface area contributed by atoms with Gasteiger partial charge < -0.3 is 5.73 Å². The number of rotatable bonds is 5. The minimum atomic E-state index is -0.438. The van der Waals surface area contributed by atoms with E-state index in [1.807, 2.05) is 30.3 Å². The smallest absolute Gasteiger partial charge is 0.297 e. The Labute approximate surface area is 133 Å². The highest BCUT2D eigenvalue weighted by molar-refractivity contribution is 8.01. The third kappa shape index (κ3) is 3.15. The average molecular weight is 333 g/mol. The molecule has 112 valence electrons. The zero-order chi connectivity index (χ0) is 15.5. The highest BCUT2D eigenvalue weighted by Crippen LogP contribution is 2.22. The number of aromatic nitrogens is 4. The molecule has 3 rings (SSSR count). The Balaban J connectivity index is 1.92. The minimum Gasteiger partial charge on any atom is -0.369 e. The predicted molar refractivity (Wildman–Crippen MR) is 84.1 cm³/mol. The standard InChI is InChI=1S/C13H11N5O2S2/c14-10(19)7-21-13-17-18-11(20)9(15-16-12(18)22-13)6-8-4-2-1-3-5-8/h1-5H,6-7H2,(H2,14,19). The van der Waals surface area contributed by atoms with Gasteiger partial charge in [-0.05, 0) is 5.56 Å². The number of carbonyl (C=O) groups is 1. The van der Waals surface area contributed by atoms with Crippen LogP contribution in [0, 0.1) is 0 Å². The van der Waals surface area contributed by atoms with Gasteiger partial charge in [0.25, 0.3) is 5.56 Å². The van der Waals surface area contributed by atoms with Crippen LogP contribution >= 0.6 is 23.1 Å². The Bertz CT molecular complexity index is 875. The largest absolute Gasteiger partial charge is 0.369 e. The molecule has 9 heteroatoms. The van der Waals surface area contributed by atoms with E-state index in [-0.39, 0.29) is 11.3 Å². The van der Waals surface area contributed by atoms with Crippen molar-refractivity contribution in [3.8, 4) is 0 Å². The van der Waals surface area contributed by atoms with Gasteiger partial charge in [-0.3, -0.25) is 9.59 Å². The number of nitrogens with two attached hydrogens (primary N) is 1. The Kier molecular flexibility index (Phi) is 4.16. The maximum atomic E-state index is 12.4. The molecule has 0 aliphatic carbocycles. The molecule has 2 N–H and O–H groups in total. The number of fused-ring (bicyclic) bond motifs is 1. The van der Waals surface area contributed by atoms with Crippen molar-refractivity contribution < 1.29 is 4.79 Å². The summed E-state index contributed by atoms with van der Waals surface area (Å²) >= 11 is 2.38. The van der Waals surface area contributed by atoms with Crippen molar-refractivity contribution in [2.75, 3.05) is 5.75 Å². The van der Waals surface area contributed by atoms with Crippen molar-refractivity contribution >= 4 is 34.0 Å². The summed E-state index contributed by atoms with van der Waals surface area (Å²) in [7, 11) is 0. The van der Waals surface area contributed by atoms with Gasteiger partial charge >= 0.3 is 0 Å². The molecule has 1 aromatic carbocycles. The van der Waals surface area contributed by atoms with Crippen LogP contribution in [0.4, 0.5) is 0 Å². The van der Waals surface area contributed by atoms with Crippen molar-refractivity contribution in [2.45, 2.75) is 10.8 Å². The van der Waals surface area contributed by atoms with Gasteiger partial charge in [-0.15, -0.1) is 15.3 Å². The predicted octanol–water partition coefficient (Wildman–Crippen LogP) is 0.714. The molecule has 2 aromatic heterocycles. The molecule has 0 unspecified atom stereocenters. The van der Waals surface area contributed by atoms with E-state index in [9.17, 15) is 9.59 Å². The molecule has 0 radical (unpaired) electrons. The summed E-state index contributed by atoms with van der Waals surface area (Å²) in [6, 6.07) is 9.56. The first-order valence-electron chi connectivity index (χ1n) is 6.34. The molecule has 0 aliphatic rings. The van der Waals surface area contributed by atoms with Crippen LogP contribution in [-0.4, -0.2) is 31.5 Å². The highest BCUT2D eigenvalue weighted by Gasteiger charge is 2.13. The monoisotopic (exact) mass is 333 g/mol. The van der Waals surface area contributed by atoms with Gasteiger partial charge in [0.15, 0.2) is 4.34 Å². The lowest BCUT2D eigenvalue weighted by atomic mass is 10.1. The second-order valence-corrected chi connectivity index (χ2v) is 6.61. The van der Waals surface area contributed by atoms with E-state index in [1.165, 1.54) is 27.6 Å². The molecule has 22 heavy (non-hydrogen) atoms. The van der Waals surface area contributed by atoms with Crippen LogP contribution in [0.5, 0.6) is 0 Å². The van der Waals surface area contributed by atoms with E-state index in [0.717, 1.165) is 5.56 Å². The van der Waals surface area contributed by atoms with Gasteiger partial charge in [0.05, 0.1) is 5.75 Å². The first kappa shape index (κ1) is 14.7. The van der Waals surface area contributed by atoms with E-state index < -0.39 is 5.91 Å². The van der Waals surface area contributed by atoms with Gasteiger partial charge in [-0.2, -0.15) is 4.52 Å². The van der Waals surface area contributed by atoms with Crippen molar-refractivity contribution in [3.05, 3.63) is 51.9 Å². The molecule has 0 spiro atoms. The number of hydrogen-bond donors (Lipinski definition) is 1. The Morgan fingerprint density at radius 2 is 2.05 bits per heavy atom. The number of thioether (sulfide) groups is 1. The third-order valence-electron chi connectivity index (χ3n) is 2.79. The highest BCUT2D eigenvalue weighted by atomic mass is 32.2. The lowest BCUT2D eigenvalue weighted by Gasteiger charge is -1.99. The lowest BCUT2D eigenvalue weighted by Crippen LogP contribution is -2.22. The fourth-order valence-corrected chi connectivity index (χ4v) is 3.43. The average Bonchev–Trinajstić information content (AvgIpc) is 2.93. The molecular formula is C13H11N5O2S2. The number of benzene rings is 1. The lowest BCUT2D eigenvalue weighted by molar-refractivity contribution is -0.115. The van der Waals surface area contributed by atoms with E-state index in [2.05, 4.69) is 15.3 Å². The summed E-state index contributed by atoms with van der Waals surface area (Å²) in [5.74, 6) is -0.328. The van der Waals surface area contributed by atoms with Crippen molar-refractivity contribution in [2.24, 2.45) is 5.73 Å². The maximum Gasteiger partial charge on any atom is 0.297 e. The summed E-state index contributed by atoms with van der Waals surface area (Å²) < 4.78 is 1.78. The maximum absolute atomic E-state index is 12.4. The molecule has 0 aliphatic heterocycles. The molecule has 7 nitrogen and oxygen atoms in total. The number of nitrogens with zero attached hydrogens (tertiary/aromatic N) is 4. The molecule has 0 saturated carbocycles. The van der Waals surface area contributed by atoms with Gasteiger partial charge in [0.1, 0.15) is 5.69 Å². The van der Waals surface area contributed by atoms with E-state index >= 15 is 0 Å². The molecule has 0 atom stereocenters. The minimum absolute atomic E-state index is 0.110. The fourth-order valence-electron chi connectivity index (χ4n) is 1.82. The molecule has 0 fully saturated rings. The Hall–Kier alpha value is -2.26. The van der Waals surface area contributed by atoms with Crippen molar-refractivity contribution in [1.82, 2.24) is 19.8 Å². The quantitative estimate of drug-likeness (QED) is 0.690. The number of carbonyl (C=O) groups excluding carboxylic acids is 1. The van der Waals surface area contributed by atoms with Crippen LogP contribution < -0.4 is 11.3 Å². The number of primary amides is 1. The summed E-state index contributed by atoms with van der Waals surface area (Å²) in [6.45, 7) is 0. The fraction of sp³-hybridized carbons (Fsp3) is 0.154. The zero-order valence-electron chi connectivity index (χ0n) is 11.3. The Morgan fingerprint density at radius 1 is 1.27 bits per heavy atom. The first-order valence-corrected chi connectivity index (χ1v) is 8.14. The van der Waals surface area contributed by atoms with Crippen molar-refractivity contribution in [1.29, 1.82) is 0 Å². The van der Waals surface area contributed by atoms with E-state index in [4.69, 9.17) is 5.73 Å². The second-order valence-electron chi connectivity index (χ2n) is 4.43. The third-order valence-corrected chi connectivity index (χ3v) is 4.84. The topological polar surface area (TPSA) is 103 Å². The molecular weight excluding hydrogens is 322 g/mol. The van der Waals surface area contributed by atoms with Crippen LogP contribution in [0.15, 0.2) is 39.5 Å². The van der Waals surface area contributed by atoms with Crippen LogP contribution in [0.3, 0.4) is 0 Å². The van der Waals surface area contributed by atoms with Gasteiger partial charge in [0.2, 0.25) is 10.9 Å². The summed E-state index contributed by atoms with van der Waals surface area (Å²) in [5.41, 5.74) is 6.11. The molecule has 3 aromatic rings. The van der Waals surface area contributed by atoms with Gasteiger partial charge in [-0.1, -0.05) is 53.4 Å². The zero-order valence-corrected chi connectivity index (χ0v) is 12.9. The second kappa shape index (κ2) is 6.24. The molecule has 0 saturated heterocycles. The molecule has 1 amide bonds. The van der Waals surface area contributed by atoms with Crippen LogP contribution in [-0.2, 0) is 11.2 Å². The SMILES string of the molecule is NC(=O)CSc1nn2c(=O)c(Cc3ccccc3)nnc2s1. The number of amides is 1. The van der Waals surface area contributed by atoms with Crippen LogP contribution in [0.25, 0.3) is 4.96 Å². The van der Waals surface area contributed by atoms with Crippen molar-refractivity contribution in [3.63, 3.8) is 0 Å². The van der Waals surface area contributed by atoms with E-state index in [1.54, 1.807) is 0 Å². The van der Waals surface area contributed by atoms with Gasteiger partial charge in [0, 0.05) is 6.42 Å². The molecule has 2 heterocycles.